The molecule has 0 aromatic heterocycles. The van der Waals surface area contributed by atoms with Crippen LogP contribution in [0.1, 0.15) is 98.8 Å². The van der Waals surface area contributed by atoms with E-state index in [-0.39, 0.29) is 18.2 Å². The molecule has 0 radical (unpaired) electrons. The molecular formula is C20H39NO4. The highest BCUT2D eigenvalue weighted by Gasteiger charge is 2.15. The van der Waals surface area contributed by atoms with Crippen molar-refractivity contribution in [3.63, 3.8) is 0 Å². The summed E-state index contributed by atoms with van der Waals surface area (Å²) in [4.78, 5) is 23.4. The summed E-state index contributed by atoms with van der Waals surface area (Å²) >= 11 is 0. The third kappa shape index (κ3) is 16.0. The third-order valence-electron chi connectivity index (χ3n) is 3.86. The predicted molar refractivity (Wildman–Crippen MR) is 102 cm³/mol. The van der Waals surface area contributed by atoms with Gasteiger partial charge in [0.2, 0.25) is 0 Å². The molecule has 1 unspecified atom stereocenters. The van der Waals surface area contributed by atoms with Crippen molar-refractivity contribution in [1.82, 2.24) is 5.32 Å². The van der Waals surface area contributed by atoms with Gasteiger partial charge in [-0.2, -0.15) is 0 Å². The second-order valence-electron chi connectivity index (χ2n) is 7.61. The molecule has 0 spiro atoms. The van der Waals surface area contributed by atoms with Crippen molar-refractivity contribution in [2.24, 2.45) is 0 Å². The fourth-order valence-electron chi connectivity index (χ4n) is 2.47. The third-order valence-corrected chi connectivity index (χ3v) is 3.86. The Morgan fingerprint density at radius 2 is 1.64 bits per heavy atom. The van der Waals surface area contributed by atoms with Gasteiger partial charge in [0, 0.05) is 13.0 Å². The van der Waals surface area contributed by atoms with Crippen LogP contribution >= 0.6 is 0 Å². The average molecular weight is 358 g/mol. The average Bonchev–Trinajstić information content (AvgIpc) is 2.51. The summed E-state index contributed by atoms with van der Waals surface area (Å²) in [6, 6.07) is 0. The van der Waals surface area contributed by atoms with Crippen molar-refractivity contribution in [3.8, 4) is 0 Å². The Hall–Kier alpha value is -1.26. The van der Waals surface area contributed by atoms with Crippen molar-refractivity contribution in [1.29, 1.82) is 0 Å². The maximum absolute atomic E-state index is 11.9. The highest BCUT2D eigenvalue weighted by atomic mass is 16.6. The van der Waals surface area contributed by atoms with Crippen LogP contribution in [0.15, 0.2) is 0 Å². The highest BCUT2D eigenvalue weighted by Crippen LogP contribution is 2.13. The van der Waals surface area contributed by atoms with E-state index in [4.69, 9.17) is 9.47 Å². The Balaban J connectivity index is 3.66. The number of hydrogen-bond acceptors (Lipinski definition) is 4. The number of unbranched alkanes of at least 4 members (excludes halogenated alkanes) is 5. The van der Waals surface area contributed by atoms with Crippen LogP contribution in [0, 0.1) is 0 Å². The molecule has 0 saturated heterocycles. The standard InChI is InChI=1S/C20H39NO4/c1-6-8-9-11-14-17(7-2)24-18(22)15-12-10-13-16-21-19(23)25-20(3,4)5/h17H,6-16H2,1-5H3,(H,21,23). The highest BCUT2D eigenvalue weighted by molar-refractivity contribution is 5.69. The van der Waals surface area contributed by atoms with Crippen LogP contribution < -0.4 is 5.32 Å². The number of nitrogens with one attached hydrogen (secondary N) is 1. The lowest BCUT2D eigenvalue weighted by Gasteiger charge is -2.19. The number of ether oxygens (including phenoxy) is 2. The van der Waals surface area contributed by atoms with Gasteiger partial charge in [-0.1, -0.05) is 39.5 Å². The Morgan fingerprint density at radius 3 is 2.24 bits per heavy atom. The Morgan fingerprint density at radius 1 is 0.960 bits per heavy atom. The van der Waals surface area contributed by atoms with Gasteiger partial charge in [-0.15, -0.1) is 0 Å². The SMILES string of the molecule is CCCCCCC(CC)OC(=O)CCCCCNC(=O)OC(C)(C)C. The van der Waals surface area contributed by atoms with E-state index in [2.05, 4.69) is 19.2 Å². The molecule has 0 aliphatic carbocycles. The number of hydrogen-bond donors (Lipinski definition) is 1. The maximum Gasteiger partial charge on any atom is 0.407 e. The van der Waals surface area contributed by atoms with Crippen molar-refractivity contribution in [2.75, 3.05) is 6.54 Å². The van der Waals surface area contributed by atoms with Crippen LogP contribution in [-0.2, 0) is 14.3 Å². The number of alkyl carbamates (subject to hydrolysis) is 1. The maximum atomic E-state index is 11.9. The molecule has 1 atom stereocenters. The Labute approximate surface area is 154 Å². The molecule has 1 N–H and O–H groups in total. The van der Waals surface area contributed by atoms with Gasteiger partial charge in [0.15, 0.2) is 0 Å². The minimum Gasteiger partial charge on any atom is -0.462 e. The summed E-state index contributed by atoms with van der Waals surface area (Å²) in [5, 5.41) is 2.72. The van der Waals surface area contributed by atoms with E-state index < -0.39 is 5.60 Å². The van der Waals surface area contributed by atoms with E-state index in [0.717, 1.165) is 38.5 Å². The second-order valence-corrected chi connectivity index (χ2v) is 7.61. The van der Waals surface area contributed by atoms with E-state index in [1.807, 2.05) is 20.8 Å². The summed E-state index contributed by atoms with van der Waals surface area (Å²) in [7, 11) is 0. The number of esters is 1. The molecule has 5 nitrogen and oxygen atoms in total. The lowest BCUT2D eigenvalue weighted by molar-refractivity contribution is -0.149. The summed E-state index contributed by atoms with van der Waals surface area (Å²) in [5.74, 6) is -0.0950. The van der Waals surface area contributed by atoms with E-state index in [1.165, 1.54) is 19.3 Å². The summed E-state index contributed by atoms with van der Waals surface area (Å²) in [6.45, 7) is 10.3. The number of carbonyl (C=O) groups is 2. The molecule has 0 bridgehead atoms. The Kier molecular flexibility index (Phi) is 13.3. The fraction of sp³-hybridized carbons (Fsp3) is 0.900. The molecule has 0 heterocycles. The van der Waals surface area contributed by atoms with Crippen molar-refractivity contribution in [2.45, 2.75) is 111 Å². The second kappa shape index (κ2) is 14.0. The molecule has 0 aromatic rings. The molecule has 0 aliphatic rings. The van der Waals surface area contributed by atoms with Crippen LogP contribution in [-0.4, -0.2) is 30.3 Å². The van der Waals surface area contributed by atoms with Gasteiger partial charge in [-0.3, -0.25) is 4.79 Å². The zero-order chi connectivity index (χ0) is 19.1. The summed E-state index contributed by atoms with van der Waals surface area (Å²) < 4.78 is 10.7. The first-order chi connectivity index (χ1) is 11.8. The molecule has 0 aliphatic heterocycles. The quantitative estimate of drug-likeness (QED) is 0.356. The van der Waals surface area contributed by atoms with Crippen molar-refractivity contribution >= 4 is 12.1 Å². The summed E-state index contributed by atoms with van der Waals surface area (Å²) in [6.07, 6.45) is 9.34. The first-order valence-corrected chi connectivity index (χ1v) is 9.94. The van der Waals surface area contributed by atoms with Gasteiger partial charge in [-0.05, 0) is 52.9 Å². The van der Waals surface area contributed by atoms with Crippen LogP contribution in [0.2, 0.25) is 0 Å². The fourth-order valence-corrected chi connectivity index (χ4v) is 2.47. The van der Waals surface area contributed by atoms with Gasteiger partial charge in [0.1, 0.15) is 11.7 Å². The molecular weight excluding hydrogens is 318 g/mol. The van der Waals surface area contributed by atoms with Gasteiger partial charge in [0.25, 0.3) is 0 Å². The number of rotatable bonds is 13. The van der Waals surface area contributed by atoms with Crippen LogP contribution in [0.4, 0.5) is 4.79 Å². The van der Waals surface area contributed by atoms with Crippen molar-refractivity contribution < 1.29 is 19.1 Å². The van der Waals surface area contributed by atoms with Gasteiger partial charge in [-0.25, -0.2) is 4.79 Å². The topological polar surface area (TPSA) is 64.6 Å². The molecule has 25 heavy (non-hydrogen) atoms. The smallest absolute Gasteiger partial charge is 0.407 e. The monoisotopic (exact) mass is 357 g/mol. The zero-order valence-electron chi connectivity index (χ0n) is 17.0. The molecule has 0 rings (SSSR count). The lowest BCUT2D eigenvalue weighted by atomic mass is 10.1. The number of amides is 1. The normalized spacial score (nSPS) is 12.5. The predicted octanol–water partition coefficient (Wildman–Crippen LogP) is 5.36. The Bertz CT molecular complexity index is 363. The van der Waals surface area contributed by atoms with Crippen LogP contribution in [0.5, 0.6) is 0 Å². The minimum absolute atomic E-state index is 0.0678. The minimum atomic E-state index is -0.472. The molecule has 148 valence electrons. The lowest BCUT2D eigenvalue weighted by Crippen LogP contribution is -2.33. The van der Waals surface area contributed by atoms with Gasteiger partial charge < -0.3 is 14.8 Å². The molecule has 5 heteroatoms. The molecule has 0 fully saturated rings. The van der Waals surface area contributed by atoms with Crippen molar-refractivity contribution in [3.05, 3.63) is 0 Å². The largest absolute Gasteiger partial charge is 0.462 e. The molecule has 0 saturated carbocycles. The van der Waals surface area contributed by atoms with E-state index in [0.29, 0.717) is 13.0 Å². The number of carbonyl (C=O) groups excluding carboxylic acids is 2. The molecule has 1 amide bonds. The van der Waals surface area contributed by atoms with Gasteiger partial charge in [0.05, 0.1) is 0 Å². The molecule has 0 aromatic carbocycles. The van der Waals surface area contributed by atoms with Crippen LogP contribution in [0.25, 0.3) is 0 Å². The first kappa shape index (κ1) is 23.7. The summed E-state index contributed by atoms with van der Waals surface area (Å²) in [5.41, 5.74) is -0.472. The van der Waals surface area contributed by atoms with Crippen LogP contribution in [0.3, 0.4) is 0 Å². The van der Waals surface area contributed by atoms with Gasteiger partial charge >= 0.3 is 12.1 Å². The zero-order valence-corrected chi connectivity index (χ0v) is 17.0. The van der Waals surface area contributed by atoms with E-state index in [9.17, 15) is 9.59 Å². The first-order valence-electron chi connectivity index (χ1n) is 9.94. The van der Waals surface area contributed by atoms with E-state index >= 15 is 0 Å². The van der Waals surface area contributed by atoms with E-state index in [1.54, 1.807) is 0 Å².